The highest BCUT2D eigenvalue weighted by atomic mass is 16.5. The number of hydrogen-bond donors (Lipinski definition) is 3. The molecule has 0 aliphatic heterocycles. The van der Waals surface area contributed by atoms with Crippen molar-refractivity contribution < 1.29 is 24.5 Å². The summed E-state index contributed by atoms with van der Waals surface area (Å²) in [5.41, 5.74) is -0.138. The summed E-state index contributed by atoms with van der Waals surface area (Å²) in [5, 5.41) is 29.1. The number of hydrogen-bond acceptors (Lipinski definition) is 6. The second kappa shape index (κ2) is 5.00. The van der Waals surface area contributed by atoms with Crippen molar-refractivity contribution in [2.45, 2.75) is 0 Å². The molecule has 0 aliphatic carbocycles. The number of methoxy groups -OCH3 is 1. The lowest BCUT2D eigenvalue weighted by atomic mass is 10.1. The molecule has 0 spiro atoms. The molecule has 6 nitrogen and oxygen atoms in total. The average Bonchev–Trinajstić information content (AvgIpc) is 2.52. The van der Waals surface area contributed by atoms with Crippen LogP contribution in [0.1, 0.15) is 0 Å². The molecule has 1 aromatic heterocycles. The zero-order chi connectivity index (χ0) is 15.9. The third kappa shape index (κ3) is 2.01. The van der Waals surface area contributed by atoms with E-state index in [0.29, 0.717) is 5.75 Å². The first kappa shape index (κ1) is 13.8. The maximum Gasteiger partial charge on any atom is 0.238 e. The van der Waals surface area contributed by atoms with E-state index < -0.39 is 11.2 Å². The first-order valence-corrected chi connectivity index (χ1v) is 6.38. The summed E-state index contributed by atoms with van der Waals surface area (Å²) in [5.74, 6) is -1.09. The maximum absolute atomic E-state index is 12.4. The van der Waals surface area contributed by atoms with Crippen LogP contribution >= 0.6 is 0 Å². The number of phenols is 2. The molecule has 3 aromatic rings. The Bertz CT molecular complexity index is 926. The van der Waals surface area contributed by atoms with Gasteiger partial charge in [0.1, 0.15) is 16.7 Å². The van der Waals surface area contributed by atoms with Crippen molar-refractivity contribution in [3.63, 3.8) is 0 Å². The number of aromatic hydroxyl groups is 3. The smallest absolute Gasteiger partial charge is 0.238 e. The number of benzene rings is 2. The van der Waals surface area contributed by atoms with E-state index in [1.165, 1.54) is 25.3 Å². The molecule has 0 radical (unpaired) electrons. The molecule has 0 amide bonds. The van der Waals surface area contributed by atoms with Crippen LogP contribution < -0.4 is 10.2 Å². The van der Waals surface area contributed by atoms with Gasteiger partial charge in [-0.05, 0) is 30.3 Å². The van der Waals surface area contributed by atoms with Gasteiger partial charge in [-0.15, -0.1) is 0 Å². The molecule has 0 fully saturated rings. The van der Waals surface area contributed by atoms with Crippen LogP contribution in [0.4, 0.5) is 0 Å². The Labute approximate surface area is 124 Å². The van der Waals surface area contributed by atoms with Crippen LogP contribution in [0.5, 0.6) is 23.0 Å². The summed E-state index contributed by atoms with van der Waals surface area (Å²) >= 11 is 0. The Morgan fingerprint density at radius 1 is 1.05 bits per heavy atom. The Morgan fingerprint density at radius 2 is 1.82 bits per heavy atom. The quantitative estimate of drug-likeness (QED) is 0.629. The Morgan fingerprint density at radius 3 is 2.50 bits per heavy atom. The number of ether oxygens (including phenoxy) is 1. The van der Waals surface area contributed by atoms with Crippen LogP contribution in [0, 0.1) is 0 Å². The highest BCUT2D eigenvalue weighted by molar-refractivity contribution is 5.87. The van der Waals surface area contributed by atoms with Crippen LogP contribution in [-0.4, -0.2) is 22.4 Å². The van der Waals surface area contributed by atoms with Gasteiger partial charge in [0, 0.05) is 5.56 Å². The van der Waals surface area contributed by atoms with Gasteiger partial charge in [0.2, 0.25) is 11.2 Å². The highest BCUT2D eigenvalue weighted by Crippen LogP contribution is 2.36. The maximum atomic E-state index is 12.4. The van der Waals surface area contributed by atoms with Crippen LogP contribution in [0.2, 0.25) is 0 Å². The molecule has 2 aromatic carbocycles. The average molecular weight is 300 g/mol. The molecule has 0 unspecified atom stereocenters. The first-order valence-electron chi connectivity index (χ1n) is 6.38. The number of rotatable bonds is 2. The van der Waals surface area contributed by atoms with Gasteiger partial charge in [-0.2, -0.15) is 0 Å². The third-order valence-corrected chi connectivity index (χ3v) is 3.31. The summed E-state index contributed by atoms with van der Waals surface area (Å²) in [4.78, 5) is 12.4. The first-order chi connectivity index (χ1) is 10.5. The monoisotopic (exact) mass is 300 g/mol. The van der Waals surface area contributed by atoms with Crippen molar-refractivity contribution in [1.29, 1.82) is 0 Å². The van der Waals surface area contributed by atoms with Gasteiger partial charge in [-0.1, -0.05) is 6.07 Å². The van der Waals surface area contributed by atoms with Gasteiger partial charge < -0.3 is 24.5 Å². The second-order valence-corrected chi connectivity index (χ2v) is 4.65. The molecular weight excluding hydrogens is 288 g/mol. The second-order valence-electron chi connectivity index (χ2n) is 4.65. The molecule has 112 valence electrons. The van der Waals surface area contributed by atoms with Gasteiger partial charge in [-0.25, -0.2) is 0 Å². The summed E-state index contributed by atoms with van der Waals surface area (Å²) in [7, 11) is 1.41. The van der Waals surface area contributed by atoms with Crippen LogP contribution in [0.25, 0.3) is 22.3 Å². The van der Waals surface area contributed by atoms with Crippen molar-refractivity contribution in [1.82, 2.24) is 0 Å². The standard InChI is InChI=1S/C16H12O6/c1-21-11-3-2-4-12-13(11)14(19)15(20)16(22-12)8-5-6-9(17)10(18)7-8/h2-7,17-18,20H,1H3. The zero-order valence-electron chi connectivity index (χ0n) is 11.5. The molecule has 0 saturated carbocycles. The lowest BCUT2D eigenvalue weighted by Gasteiger charge is -2.09. The fraction of sp³-hybridized carbons (Fsp3) is 0.0625. The van der Waals surface area contributed by atoms with Crippen LogP contribution in [0.3, 0.4) is 0 Å². The van der Waals surface area contributed by atoms with E-state index in [1.807, 2.05) is 0 Å². The highest BCUT2D eigenvalue weighted by Gasteiger charge is 2.18. The van der Waals surface area contributed by atoms with Gasteiger partial charge in [-0.3, -0.25) is 4.79 Å². The van der Waals surface area contributed by atoms with Crippen molar-refractivity contribution in [3.05, 3.63) is 46.6 Å². The van der Waals surface area contributed by atoms with Crippen molar-refractivity contribution in [2.75, 3.05) is 7.11 Å². The van der Waals surface area contributed by atoms with Crippen molar-refractivity contribution in [2.24, 2.45) is 0 Å². The van der Waals surface area contributed by atoms with Crippen molar-refractivity contribution in [3.8, 4) is 34.3 Å². The minimum absolute atomic E-state index is 0.0962. The van der Waals surface area contributed by atoms with Crippen LogP contribution in [-0.2, 0) is 0 Å². The fourth-order valence-corrected chi connectivity index (χ4v) is 2.23. The van der Waals surface area contributed by atoms with Crippen LogP contribution in [0.15, 0.2) is 45.6 Å². The molecule has 3 N–H and O–H groups in total. The van der Waals surface area contributed by atoms with E-state index in [9.17, 15) is 20.1 Å². The van der Waals surface area contributed by atoms with Gasteiger partial charge in [0.15, 0.2) is 17.3 Å². The predicted octanol–water partition coefficient (Wildman–Crippen LogP) is 2.59. The van der Waals surface area contributed by atoms with E-state index >= 15 is 0 Å². The normalized spacial score (nSPS) is 10.8. The predicted molar refractivity (Wildman–Crippen MR) is 79.5 cm³/mol. The number of phenolic OH excluding ortho intramolecular Hbond substituents is 2. The Balaban J connectivity index is 2.34. The van der Waals surface area contributed by atoms with Gasteiger partial charge in [0.25, 0.3) is 0 Å². The molecule has 22 heavy (non-hydrogen) atoms. The summed E-state index contributed by atoms with van der Waals surface area (Å²) < 4.78 is 10.7. The van der Waals surface area contributed by atoms with E-state index in [4.69, 9.17) is 9.15 Å². The summed E-state index contributed by atoms with van der Waals surface area (Å²) in [6.07, 6.45) is 0. The van der Waals surface area contributed by atoms with E-state index in [2.05, 4.69) is 0 Å². The Hall–Kier alpha value is -3.15. The van der Waals surface area contributed by atoms with E-state index in [-0.39, 0.29) is 33.8 Å². The molecule has 3 rings (SSSR count). The third-order valence-electron chi connectivity index (χ3n) is 3.31. The topological polar surface area (TPSA) is 100 Å². The molecule has 0 aliphatic rings. The fourth-order valence-electron chi connectivity index (χ4n) is 2.23. The van der Waals surface area contributed by atoms with E-state index in [1.54, 1.807) is 18.2 Å². The summed E-state index contributed by atoms with van der Waals surface area (Å²) in [6, 6.07) is 8.66. The lowest BCUT2D eigenvalue weighted by Crippen LogP contribution is -2.04. The summed E-state index contributed by atoms with van der Waals surface area (Å²) in [6.45, 7) is 0. The van der Waals surface area contributed by atoms with E-state index in [0.717, 1.165) is 0 Å². The lowest BCUT2D eigenvalue weighted by molar-refractivity contribution is 0.403. The molecule has 0 saturated heterocycles. The van der Waals surface area contributed by atoms with Gasteiger partial charge in [0.05, 0.1) is 7.11 Å². The molecule has 0 atom stereocenters. The SMILES string of the molecule is COc1cccc2oc(-c3ccc(O)c(O)c3)c(O)c(=O)c12. The molecular formula is C16H12O6. The molecule has 0 bridgehead atoms. The van der Waals surface area contributed by atoms with Gasteiger partial charge >= 0.3 is 0 Å². The minimum Gasteiger partial charge on any atom is -0.504 e. The largest absolute Gasteiger partial charge is 0.504 e. The molecule has 1 heterocycles. The number of fused-ring (bicyclic) bond motifs is 1. The molecule has 6 heteroatoms. The zero-order valence-corrected chi connectivity index (χ0v) is 11.5. The minimum atomic E-state index is -0.638. The Kier molecular flexibility index (Phi) is 3.14. The van der Waals surface area contributed by atoms with Crippen molar-refractivity contribution >= 4 is 11.0 Å².